The Labute approximate surface area is 143 Å². The summed E-state index contributed by atoms with van der Waals surface area (Å²) < 4.78 is 5.38. The van der Waals surface area contributed by atoms with Crippen molar-refractivity contribution < 1.29 is 24.2 Å². The third-order valence-corrected chi connectivity index (χ3v) is 3.70. The maximum Gasteiger partial charge on any atom is 0.410 e. The van der Waals surface area contributed by atoms with E-state index in [2.05, 4.69) is 0 Å². The van der Waals surface area contributed by atoms with Gasteiger partial charge >= 0.3 is 12.1 Å². The third kappa shape index (κ3) is 6.02. The normalized spacial score (nSPS) is 18.9. The molecule has 1 aliphatic heterocycles. The third-order valence-electron chi connectivity index (χ3n) is 3.70. The van der Waals surface area contributed by atoms with Crippen LogP contribution in [0.15, 0.2) is 0 Å². The molecule has 1 heterocycles. The number of amides is 2. The molecule has 7 nitrogen and oxygen atoms in total. The van der Waals surface area contributed by atoms with Crippen LogP contribution in [0.25, 0.3) is 0 Å². The Hall–Kier alpha value is -1.79. The first-order valence-electron chi connectivity index (χ1n) is 8.32. The first kappa shape index (κ1) is 20.3. The van der Waals surface area contributed by atoms with Crippen molar-refractivity contribution >= 4 is 18.0 Å². The molecule has 0 spiro atoms. The molecule has 2 amide bonds. The van der Waals surface area contributed by atoms with Crippen LogP contribution < -0.4 is 0 Å². The zero-order valence-corrected chi connectivity index (χ0v) is 15.6. The van der Waals surface area contributed by atoms with Crippen LogP contribution in [-0.2, 0) is 14.3 Å². The number of nitrogens with zero attached hydrogens (tertiary/aromatic N) is 2. The van der Waals surface area contributed by atoms with Gasteiger partial charge in [-0.05, 0) is 33.6 Å². The average Bonchev–Trinajstić information content (AvgIpc) is 2.41. The van der Waals surface area contributed by atoms with Crippen LogP contribution in [0.2, 0.25) is 0 Å². The Morgan fingerprint density at radius 2 is 1.75 bits per heavy atom. The van der Waals surface area contributed by atoms with E-state index < -0.39 is 23.1 Å². The lowest BCUT2D eigenvalue weighted by molar-refractivity contribution is -0.151. The van der Waals surface area contributed by atoms with E-state index in [-0.39, 0.29) is 18.5 Å². The van der Waals surface area contributed by atoms with Crippen LogP contribution in [0, 0.1) is 5.41 Å². The Kier molecular flexibility index (Phi) is 6.25. The number of ether oxygens (including phenoxy) is 1. The standard InChI is InChI=1S/C17H30N2O5/c1-16(2,3)14(22)19(11-13(20)21)12-8-7-9-18(10-12)15(23)24-17(4,5)6/h12H,7-11H2,1-6H3,(H,20,21). The minimum atomic E-state index is -1.05. The van der Waals surface area contributed by atoms with Gasteiger partial charge in [-0.3, -0.25) is 9.59 Å². The number of carbonyl (C=O) groups excluding carboxylic acids is 2. The lowest BCUT2D eigenvalue weighted by Gasteiger charge is -2.41. The molecule has 138 valence electrons. The molecule has 1 fully saturated rings. The minimum absolute atomic E-state index is 0.221. The molecule has 0 aromatic heterocycles. The highest BCUT2D eigenvalue weighted by Crippen LogP contribution is 2.24. The molecular formula is C17H30N2O5. The fraction of sp³-hybridized carbons (Fsp3) is 0.824. The molecule has 0 radical (unpaired) electrons. The number of piperidine rings is 1. The summed E-state index contributed by atoms with van der Waals surface area (Å²) >= 11 is 0. The van der Waals surface area contributed by atoms with E-state index in [4.69, 9.17) is 9.84 Å². The fourth-order valence-electron chi connectivity index (χ4n) is 2.64. The summed E-state index contributed by atoms with van der Waals surface area (Å²) in [7, 11) is 0. The first-order valence-corrected chi connectivity index (χ1v) is 8.32. The lowest BCUT2D eigenvalue weighted by atomic mass is 9.92. The molecule has 0 saturated carbocycles. The summed E-state index contributed by atoms with van der Waals surface area (Å²) in [4.78, 5) is 39.0. The van der Waals surface area contributed by atoms with Gasteiger partial charge < -0.3 is 19.6 Å². The second-order valence-electron chi connectivity index (χ2n) is 8.30. The Balaban J connectivity index is 2.89. The molecule has 0 bridgehead atoms. The number of carboxylic acids is 1. The van der Waals surface area contributed by atoms with Gasteiger partial charge in [-0.15, -0.1) is 0 Å². The van der Waals surface area contributed by atoms with Gasteiger partial charge in [-0.25, -0.2) is 4.79 Å². The Morgan fingerprint density at radius 3 is 2.21 bits per heavy atom. The van der Waals surface area contributed by atoms with Crippen LogP contribution in [0.3, 0.4) is 0 Å². The number of hydrogen-bond donors (Lipinski definition) is 1. The summed E-state index contributed by atoms with van der Waals surface area (Å²) in [5.41, 5.74) is -1.27. The van der Waals surface area contributed by atoms with Crippen molar-refractivity contribution in [1.82, 2.24) is 9.80 Å². The summed E-state index contributed by atoms with van der Waals surface area (Å²) in [6.07, 6.45) is 0.956. The molecule has 1 unspecified atom stereocenters. The van der Waals surface area contributed by atoms with Crippen LogP contribution in [0.5, 0.6) is 0 Å². The molecule has 0 aromatic rings. The zero-order valence-electron chi connectivity index (χ0n) is 15.6. The summed E-state index contributed by atoms with van der Waals surface area (Å²) in [6, 6.07) is -0.311. The maximum atomic E-state index is 12.6. The predicted molar refractivity (Wildman–Crippen MR) is 89.6 cm³/mol. The van der Waals surface area contributed by atoms with E-state index in [9.17, 15) is 14.4 Å². The summed E-state index contributed by atoms with van der Waals surface area (Å²) in [5.74, 6) is -1.28. The molecule has 1 aliphatic rings. The van der Waals surface area contributed by atoms with Gasteiger partial charge in [0.15, 0.2) is 0 Å². The van der Waals surface area contributed by atoms with Crippen molar-refractivity contribution in [2.75, 3.05) is 19.6 Å². The first-order chi connectivity index (χ1) is 10.8. The SMILES string of the molecule is CC(C)(C)OC(=O)N1CCCC(N(CC(=O)O)C(=O)C(C)(C)C)C1. The van der Waals surface area contributed by atoms with Gasteiger partial charge in [0.2, 0.25) is 5.91 Å². The van der Waals surface area contributed by atoms with Crippen molar-refractivity contribution in [2.45, 2.75) is 66.0 Å². The van der Waals surface area contributed by atoms with Crippen molar-refractivity contribution in [3.63, 3.8) is 0 Å². The predicted octanol–water partition coefficient (Wildman–Crippen LogP) is 2.35. The fourth-order valence-corrected chi connectivity index (χ4v) is 2.64. The molecular weight excluding hydrogens is 312 g/mol. The quantitative estimate of drug-likeness (QED) is 0.850. The molecule has 7 heteroatoms. The van der Waals surface area contributed by atoms with E-state index in [0.717, 1.165) is 0 Å². The van der Waals surface area contributed by atoms with Crippen molar-refractivity contribution in [1.29, 1.82) is 0 Å². The van der Waals surface area contributed by atoms with Crippen molar-refractivity contribution in [3.05, 3.63) is 0 Å². The van der Waals surface area contributed by atoms with Crippen LogP contribution in [0.1, 0.15) is 54.4 Å². The van der Waals surface area contributed by atoms with E-state index >= 15 is 0 Å². The molecule has 1 N–H and O–H groups in total. The van der Waals surface area contributed by atoms with Crippen LogP contribution in [-0.4, -0.2) is 64.2 Å². The average molecular weight is 342 g/mol. The van der Waals surface area contributed by atoms with E-state index in [0.29, 0.717) is 25.9 Å². The van der Waals surface area contributed by atoms with Gasteiger partial charge in [0, 0.05) is 18.5 Å². The van der Waals surface area contributed by atoms with Crippen LogP contribution in [0.4, 0.5) is 4.79 Å². The van der Waals surface area contributed by atoms with Crippen LogP contribution >= 0.6 is 0 Å². The van der Waals surface area contributed by atoms with Crippen molar-refractivity contribution in [3.8, 4) is 0 Å². The Bertz CT molecular complexity index is 490. The maximum absolute atomic E-state index is 12.6. The number of likely N-dealkylation sites (tertiary alicyclic amines) is 1. The number of rotatable bonds is 3. The minimum Gasteiger partial charge on any atom is -0.480 e. The molecule has 0 aromatic carbocycles. The van der Waals surface area contributed by atoms with Gasteiger partial charge in [-0.2, -0.15) is 0 Å². The Morgan fingerprint density at radius 1 is 1.17 bits per heavy atom. The summed E-state index contributed by atoms with van der Waals surface area (Å²) in [5, 5.41) is 9.16. The number of aliphatic carboxylic acids is 1. The molecule has 1 rings (SSSR count). The highest BCUT2D eigenvalue weighted by Gasteiger charge is 2.37. The highest BCUT2D eigenvalue weighted by molar-refractivity contribution is 5.85. The molecule has 1 saturated heterocycles. The van der Waals surface area contributed by atoms with Crippen molar-refractivity contribution in [2.24, 2.45) is 5.41 Å². The number of hydrogen-bond acceptors (Lipinski definition) is 4. The highest BCUT2D eigenvalue weighted by atomic mass is 16.6. The van der Waals surface area contributed by atoms with E-state index in [1.165, 1.54) is 4.90 Å². The zero-order chi connectivity index (χ0) is 18.7. The molecule has 0 aliphatic carbocycles. The molecule has 24 heavy (non-hydrogen) atoms. The van der Waals surface area contributed by atoms with Gasteiger partial charge in [-0.1, -0.05) is 20.8 Å². The second-order valence-corrected chi connectivity index (χ2v) is 8.30. The largest absolute Gasteiger partial charge is 0.480 e. The number of carboxylic acid groups (broad SMARTS) is 1. The topological polar surface area (TPSA) is 87.2 Å². The smallest absolute Gasteiger partial charge is 0.410 e. The lowest BCUT2D eigenvalue weighted by Crippen LogP contribution is -2.55. The number of carbonyl (C=O) groups is 3. The second kappa shape index (κ2) is 7.40. The van der Waals surface area contributed by atoms with Gasteiger partial charge in [0.25, 0.3) is 0 Å². The van der Waals surface area contributed by atoms with E-state index in [1.807, 2.05) is 0 Å². The monoisotopic (exact) mass is 342 g/mol. The van der Waals surface area contributed by atoms with Gasteiger partial charge in [0.05, 0.1) is 6.04 Å². The van der Waals surface area contributed by atoms with E-state index in [1.54, 1.807) is 46.4 Å². The molecule has 1 atom stereocenters. The summed E-state index contributed by atoms with van der Waals surface area (Å²) in [6.45, 7) is 11.2. The van der Waals surface area contributed by atoms with Gasteiger partial charge in [0.1, 0.15) is 12.1 Å².